The number of rotatable bonds is 6. The molecule has 0 spiro atoms. The van der Waals surface area contributed by atoms with E-state index < -0.39 is 10.0 Å². The molecule has 0 saturated carbocycles. The molecule has 0 aromatic heterocycles. The van der Waals surface area contributed by atoms with E-state index in [-0.39, 0.29) is 11.8 Å². The van der Waals surface area contributed by atoms with Crippen LogP contribution in [-0.2, 0) is 14.8 Å². The van der Waals surface area contributed by atoms with Gasteiger partial charge in [-0.2, -0.15) is 4.31 Å². The fraction of sp³-hybridized carbons (Fsp3) is 1.00. The van der Waals surface area contributed by atoms with E-state index in [1.165, 1.54) is 0 Å². The molecule has 1 heterocycles. The van der Waals surface area contributed by atoms with E-state index in [9.17, 15) is 8.42 Å². The van der Waals surface area contributed by atoms with E-state index in [0.717, 1.165) is 31.0 Å². The predicted molar refractivity (Wildman–Crippen MR) is 73.0 cm³/mol. The highest BCUT2D eigenvalue weighted by molar-refractivity contribution is 9.09. The van der Waals surface area contributed by atoms with E-state index in [4.69, 9.17) is 4.74 Å². The summed E-state index contributed by atoms with van der Waals surface area (Å²) in [5, 5.41) is 0.733. The topological polar surface area (TPSA) is 46.6 Å². The molecule has 1 aliphatic heterocycles. The molecule has 0 amide bonds. The summed E-state index contributed by atoms with van der Waals surface area (Å²) in [4.78, 5) is 0. The molecular weight excluding hydrogens is 306 g/mol. The lowest BCUT2D eigenvalue weighted by atomic mass is 10.1. The van der Waals surface area contributed by atoms with E-state index in [1.54, 1.807) is 11.4 Å². The first-order chi connectivity index (χ1) is 8.11. The molecule has 6 heteroatoms. The molecule has 0 radical (unpaired) electrons. The summed E-state index contributed by atoms with van der Waals surface area (Å²) in [6, 6.07) is 0.130. The Morgan fingerprint density at radius 1 is 1.35 bits per heavy atom. The first-order valence-electron chi connectivity index (χ1n) is 6.16. The molecule has 1 aliphatic rings. The minimum atomic E-state index is -3.12. The molecule has 0 aromatic carbocycles. The van der Waals surface area contributed by atoms with Crippen molar-refractivity contribution >= 4 is 26.0 Å². The Labute approximate surface area is 113 Å². The monoisotopic (exact) mass is 327 g/mol. The van der Waals surface area contributed by atoms with Gasteiger partial charge in [0.15, 0.2) is 0 Å². The molecule has 0 N–H and O–H groups in total. The lowest BCUT2D eigenvalue weighted by Crippen LogP contribution is -2.42. The highest BCUT2D eigenvalue weighted by Gasteiger charge is 2.29. The van der Waals surface area contributed by atoms with Crippen LogP contribution in [0.2, 0.25) is 0 Å². The molecule has 1 saturated heterocycles. The average molecular weight is 328 g/mol. The maximum absolute atomic E-state index is 12.2. The van der Waals surface area contributed by atoms with Crippen LogP contribution in [0, 0.1) is 0 Å². The van der Waals surface area contributed by atoms with Crippen molar-refractivity contribution in [2.75, 3.05) is 31.3 Å². The molecule has 0 bridgehead atoms. The Morgan fingerprint density at radius 3 is 2.76 bits per heavy atom. The first-order valence-corrected chi connectivity index (χ1v) is 8.89. The Balaban J connectivity index is 2.64. The second kappa shape index (κ2) is 7.71. The number of ether oxygens (including phenoxy) is 1. The number of halogens is 1. The zero-order chi connectivity index (χ0) is 12.7. The van der Waals surface area contributed by atoms with E-state index >= 15 is 0 Å². The lowest BCUT2D eigenvalue weighted by molar-refractivity contribution is 0.199. The Kier molecular flexibility index (Phi) is 6.99. The van der Waals surface area contributed by atoms with Gasteiger partial charge in [0.2, 0.25) is 10.0 Å². The highest BCUT2D eigenvalue weighted by atomic mass is 79.9. The molecule has 1 atom stereocenters. The number of nitrogens with zero attached hydrogens (tertiary/aromatic N) is 1. The fourth-order valence-electron chi connectivity index (χ4n) is 2.17. The van der Waals surface area contributed by atoms with Gasteiger partial charge in [0.1, 0.15) is 0 Å². The molecular formula is C11H22BrNO3S. The Bertz CT molecular complexity index is 308. The third-order valence-corrected chi connectivity index (χ3v) is 5.86. The van der Waals surface area contributed by atoms with E-state index in [1.807, 2.05) is 0 Å². The van der Waals surface area contributed by atoms with Crippen molar-refractivity contribution in [1.82, 2.24) is 4.31 Å². The molecule has 4 nitrogen and oxygen atoms in total. The summed E-state index contributed by atoms with van der Waals surface area (Å²) in [5.41, 5.74) is 0. The van der Waals surface area contributed by atoms with E-state index in [2.05, 4.69) is 15.9 Å². The standard InChI is InChI=1S/C11H22BrNO3S/c1-16-8-5-9-17(14,15)13-7-4-2-3-6-11(13)10-12/h11H,2-10H2,1H3. The van der Waals surface area contributed by atoms with Crippen molar-refractivity contribution in [1.29, 1.82) is 0 Å². The van der Waals surface area contributed by atoms with Gasteiger partial charge >= 0.3 is 0 Å². The van der Waals surface area contributed by atoms with Crippen molar-refractivity contribution in [2.45, 2.75) is 38.1 Å². The number of methoxy groups -OCH3 is 1. The summed E-state index contributed by atoms with van der Waals surface area (Å²) in [6.07, 6.45) is 4.78. The van der Waals surface area contributed by atoms with Crippen molar-refractivity contribution in [3.8, 4) is 0 Å². The number of hydrogen-bond donors (Lipinski definition) is 0. The number of hydrogen-bond acceptors (Lipinski definition) is 3. The number of alkyl halides is 1. The quantitative estimate of drug-likeness (QED) is 0.553. The lowest BCUT2D eigenvalue weighted by Gasteiger charge is -2.27. The van der Waals surface area contributed by atoms with Crippen molar-refractivity contribution in [2.24, 2.45) is 0 Å². The molecule has 1 unspecified atom stereocenters. The van der Waals surface area contributed by atoms with Crippen LogP contribution in [-0.4, -0.2) is 50.1 Å². The second-order valence-corrected chi connectivity index (χ2v) is 7.12. The summed E-state index contributed by atoms with van der Waals surface area (Å²) >= 11 is 3.43. The number of sulfonamides is 1. The van der Waals surface area contributed by atoms with Crippen molar-refractivity contribution < 1.29 is 13.2 Å². The van der Waals surface area contributed by atoms with Crippen LogP contribution in [0.15, 0.2) is 0 Å². The van der Waals surface area contributed by atoms with Gasteiger partial charge in [-0.25, -0.2) is 8.42 Å². The summed E-state index contributed by atoms with van der Waals surface area (Å²) in [7, 11) is -1.52. The molecule has 0 aromatic rings. The van der Waals surface area contributed by atoms with Gasteiger partial charge in [0.25, 0.3) is 0 Å². The van der Waals surface area contributed by atoms with Gasteiger partial charge in [0.05, 0.1) is 5.75 Å². The van der Waals surface area contributed by atoms with Gasteiger partial charge in [-0.3, -0.25) is 0 Å². The van der Waals surface area contributed by atoms with Crippen molar-refractivity contribution in [3.05, 3.63) is 0 Å². The minimum Gasteiger partial charge on any atom is -0.385 e. The Morgan fingerprint density at radius 2 is 2.12 bits per heavy atom. The van der Waals surface area contributed by atoms with Gasteiger partial charge in [0, 0.05) is 31.6 Å². The maximum atomic E-state index is 12.2. The van der Waals surface area contributed by atoms with Crippen LogP contribution in [0.1, 0.15) is 32.1 Å². The third-order valence-electron chi connectivity index (χ3n) is 3.11. The minimum absolute atomic E-state index is 0.130. The van der Waals surface area contributed by atoms with Gasteiger partial charge in [-0.05, 0) is 19.3 Å². The van der Waals surface area contributed by atoms with Crippen LogP contribution >= 0.6 is 15.9 Å². The summed E-state index contributed by atoms with van der Waals surface area (Å²) < 4.78 is 31.1. The van der Waals surface area contributed by atoms with Gasteiger partial charge in [-0.15, -0.1) is 0 Å². The smallest absolute Gasteiger partial charge is 0.214 e. The molecule has 1 fully saturated rings. The third kappa shape index (κ3) is 4.85. The second-order valence-electron chi connectivity index (χ2n) is 4.43. The van der Waals surface area contributed by atoms with Gasteiger partial charge in [-0.1, -0.05) is 28.8 Å². The van der Waals surface area contributed by atoms with Crippen LogP contribution in [0.4, 0.5) is 0 Å². The fourth-order valence-corrected chi connectivity index (χ4v) is 4.80. The van der Waals surface area contributed by atoms with Crippen LogP contribution < -0.4 is 0 Å². The van der Waals surface area contributed by atoms with Gasteiger partial charge < -0.3 is 4.74 Å². The molecule has 102 valence electrons. The highest BCUT2D eigenvalue weighted by Crippen LogP contribution is 2.22. The summed E-state index contributed by atoms with van der Waals surface area (Å²) in [6.45, 7) is 1.18. The normalized spacial score (nSPS) is 23.5. The molecule has 0 aliphatic carbocycles. The largest absolute Gasteiger partial charge is 0.385 e. The Hall–Kier alpha value is 0.350. The van der Waals surface area contributed by atoms with E-state index in [0.29, 0.717) is 19.6 Å². The van der Waals surface area contributed by atoms with Crippen molar-refractivity contribution in [3.63, 3.8) is 0 Å². The first kappa shape index (κ1) is 15.4. The zero-order valence-corrected chi connectivity index (χ0v) is 12.8. The average Bonchev–Trinajstić information content (AvgIpc) is 2.54. The van der Waals surface area contributed by atoms with Crippen LogP contribution in [0.3, 0.4) is 0 Å². The molecule has 1 rings (SSSR count). The predicted octanol–water partition coefficient (Wildman–Crippen LogP) is 1.99. The summed E-state index contributed by atoms with van der Waals surface area (Å²) in [5.74, 6) is 0.199. The molecule has 17 heavy (non-hydrogen) atoms. The maximum Gasteiger partial charge on any atom is 0.214 e. The van der Waals surface area contributed by atoms with Crippen LogP contribution in [0.5, 0.6) is 0 Å². The SMILES string of the molecule is COCCCS(=O)(=O)N1CCCCCC1CBr. The van der Waals surface area contributed by atoms with Crippen LogP contribution in [0.25, 0.3) is 0 Å². The zero-order valence-electron chi connectivity index (χ0n) is 10.4.